The molecule has 8 heteroatoms. The lowest BCUT2D eigenvalue weighted by Gasteiger charge is -2.10. The SMILES string of the molecule is O=S(=O)(Oc1cccc(-c2ccc(Cl)cc2)c1)C(F)(F)F. The van der Waals surface area contributed by atoms with Crippen LogP contribution in [0.2, 0.25) is 5.02 Å². The Balaban J connectivity index is 2.33. The average Bonchev–Trinajstić information content (AvgIpc) is 2.38. The standard InChI is InChI=1S/C13H8ClF3O3S/c14-11-6-4-9(5-7-11)10-2-1-3-12(8-10)20-21(18,19)13(15,16)17/h1-8H. The third-order valence-corrected chi connectivity index (χ3v) is 3.73. The Bertz CT molecular complexity index is 740. The van der Waals surface area contributed by atoms with Crippen LogP contribution in [0, 0.1) is 0 Å². The smallest absolute Gasteiger partial charge is 0.376 e. The van der Waals surface area contributed by atoms with Crippen LogP contribution in [0.5, 0.6) is 5.75 Å². The van der Waals surface area contributed by atoms with Gasteiger partial charge in [-0.15, -0.1) is 0 Å². The van der Waals surface area contributed by atoms with Gasteiger partial charge in [-0.3, -0.25) is 0 Å². The van der Waals surface area contributed by atoms with E-state index in [-0.39, 0.29) is 0 Å². The van der Waals surface area contributed by atoms with Gasteiger partial charge >= 0.3 is 15.6 Å². The van der Waals surface area contributed by atoms with Gasteiger partial charge in [-0.05, 0) is 35.4 Å². The van der Waals surface area contributed by atoms with E-state index in [1.54, 1.807) is 30.3 Å². The molecule has 112 valence electrons. The molecular formula is C13H8ClF3O3S. The van der Waals surface area contributed by atoms with Gasteiger partial charge in [0.05, 0.1) is 0 Å². The van der Waals surface area contributed by atoms with Gasteiger partial charge in [0, 0.05) is 5.02 Å². The van der Waals surface area contributed by atoms with Crippen LogP contribution in [0.15, 0.2) is 48.5 Å². The lowest BCUT2D eigenvalue weighted by molar-refractivity contribution is -0.0500. The summed E-state index contributed by atoms with van der Waals surface area (Å²) >= 11 is 5.74. The highest BCUT2D eigenvalue weighted by molar-refractivity contribution is 7.88. The fourth-order valence-electron chi connectivity index (χ4n) is 1.54. The molecule has 0 N–H and O–H groups in total. The minimum Gasteiger partial charge on any atom is -0.376 e. The van der Waals surface area contributed by atoms with E-state index in [1.165, 1.54) is 12.1 Å². The average molecular weight is 337 g/mol. The number of alkyl halides is 3. The number of rotatable bonds is 3. The molecule has 0 atom stereocenters. The molecule has 0 spiro atoms. The van der Waals surface area contributed by atoms with Crippen molar-refractivity contribution in [2.24, 2.45) is 0 Å². The van der Waals surface area contributed by atoms with Gasteiger partial charge in [-0.25, -0.2) is 0 Å². The first-order valence-electron chi connectivity index (χ1n) is 5.56. The van der Waals surface area contributed by atoms with Gasteiger partial charge in [0.1, 0.15) is 5.75 Å². The lowest BCUT2D eigenvalue weighted by atomic mass is 10.1. The summed E-state index contributed by atoms with van der Waals surface area (Å²) in [5.41, 5.74) is -4.31. The molecule has 0 saturated heterocycles. The molecule has 2 aromatic carbocycles. The van der Waals surface area contributed by atoms with E-state index in [0.717, 1.165) is 6.07 Å². The first-order valence-corrected chi connectivity index (χ1v) is 7.34. The highest BCUT2D eigenvalue weighted by atomic mass is 35.5. The Labute approximate surface area is 124 Å². The van der Waals surface area contributed by atoms with E-state index in [4.69, 9.17) is 11.6 Å². The molecule has 0 aliphatic rings. The van der Waals surface area contributed by atoms with Crippen molar-refractivity contribution in [2.45, 2.75) is 5.51 Å². The first-order chi connectivity index (χ1) is 9.69. The highest BCUT2D eigenvalue weighted by Crippen LogP contribution is 2.30. The zero-order valence-electron chi connectivity index (χ0n) is 10.3. The van der Waals surface area contributed by atoms with Gasteiger partial charge in [0.15, 0.2) is 0 Å². The predicted molar refractivity (Wildman–Crippen MR) is 72.5 cm³/mol. The number of halogens is 4. The van der Waals surface area contributed by atoms with E-state index >= 15 is 0 Å². The fraction of sp³-hybridized carbons (Fsp3) is 0.0769. The van der Waals surface area contributed by atoms with Gasteiger partial charge in [-0.2, -0.15) is 21.6 Å². The minimum absolute atomic E-state index is 0.417. The maximum Gasteiger partial charge on any atom is 0.534 e. The molecule has 0 bridgehead atoms. The molecule has 0 radical (unpaired) electrons. The summed E-state index contributed by atoms with van der Waals surface area (Å²) in [5, 5.41) is 0.505. The molecular weight excluding hydrogens is 329 g/mol. The largest absolute Gasteiger partial charge is 0.534 e. The van der Waals surface area contributed by atoms with E-state index in [0.29, 0.717) is 16.1 Å². The van der Waals surface area contributed by atoms with Gasteiger partial charge in [0.2, 0.25) is 0 Å². The van der Waals surface area contributed by atoms with Crippen molar-refractivity contribution in [3.05, 3.63) is 53.6 Å². The molecule has 3 nitrogen and oxygen atoms in total. The normalized spacial score (nSPS) is 12.2. The Kier molecular flexibility index (Phi) is 4.15. The molecule has 0 aliphatic carbocycles. The van der Waals surface area contributed by atoms with Crippen LogP contribution >= 0.6 is 11.6 Å². The van der Waals surface area contributed by atoms with Gasteiger partial charge in [0.25, 0.3) is 0 Å². The van der Waals surface area contributed by atoms with Gasteiger partial charge < -0.3 is 4.18 Å². The molecule has 0 fully saturated rings. The summed E-state index contributed by atoms with van der Waals surface area (Å²) in [5.74, 6) is -0.417. The monoisotopic (exact) mass is 336 g/mol. The molecule has 0 amide bonds. The van der Waals surface area contributed by atoms with E-state index in [1.807, 2.05) is 0 Å². The Morgan fingerprint density at radius 2 is 1.57 bits per heavy atom. The molecule has 0 aliphatic heterocycles. The molecule has 0 saturated carbocycles. The van der Waals surface area contributed by atoms with E-state index in [2.05, 4.69) is 4.18 Å². The van der Waals surface area contributed by atoms with Crippen LogP contribution in [0.4, 0.5) is 13.2 Å². The van der Waals surface area contributed by atoms with Crippen molar-refractivity contribution in [1.82, 2.24) is 0 Å². The molecule has 0 aromatic heterocycles. The highest BCUT2D eigenvalue weighted by Gasteiger charge is 2.48. The molecule has 2 rings (SSSR count). The molecule has 21 heavy (non-hydrogen) atoms. The maximum absolute atomic E-state index is 12.3. The van der Waals surface area contributed by atoms with Crippen molar-refractivity contribution in [2.75, 3.05) is 0 Å². The van der Waals surface area contributed by atoms with Crippen LogP contribution in [-0.4, -0.2) is 13.9 Å². The van der Waals surface area contributed by atoms with E-state index in [9.17, 15) is 21.6 Å². The van der Waals surface area contributed by atoms with Crippen LogP contribution in [-0.2, 0) is 10.1 Å². The summed E-state index contributed by atoms with van der Waals surface area (Å²) in [6.07, 6.45) is 0. The maximum atomic E-state index is 12.3. The second-order valence-electron chi connectivity index (χ2n) is 4.02. The van der Waals surface area contributed by atoms with Crippen molar-refractivity contribution >= 4 is 21.7 Å². The summed E-state index contributed by atoms with van der Waals surface area (Å²) in [4.78, 5) is 0. The summed E-state index contributed by atoms with van der Waals surface area (Å²) in [6, 6.07) is 11.9. The second-order valence-corrected chi connectivity index (χ2v) is 5.99. The van der Waals surface area contributed by atoms with Crippen molar-refractivity contribution in [3.8, 4) is 16.9 Å². The number of hydrogen-bond donors (Lipinski definition) is 0. The van der Waals surface area contributed by atoms with Crippen molar-refractivity contribution < 1.29 is 25.8 Å². The molecule has 0 unspecified atom stereocenters. The number of hydrogen-bond acceptors (Lipinski definition) is 3. The van der Waals surface area contributed by atoms with Crippen LogP contribution in [0.1, 0.15) is 0 Å². The van der Waals surface area contributed by atoms with Crippen LogP contribution in [0.3, 0.4) is 0 Å². The topological polar surface area (TPSA) is 43.4 Å². The summed E-state index contributed by atoms with van der Waals surface area (Å²) < 4.78 is 62.7. The Hall–Kier alpha value is -1.73. The number of benzene rings is 2. The third kappa shape index (κ3) is 3.68. The third-order valence-electron chi connectivity index (χ3n) is 2.50. The Morgan fingerprint density at radius 1 is 0.952 bits per heavy atom. The zero-order valence-corrected chi connectivity index (χ0v) is 11.8. The van der Waals surface area contributed by atoms with Gasteiger partial charge in [-0.1, -0.05) is 35.9 Å². The van der Waals surface area contributed by atoms with Crippen molar-refractivity contribution in [3.63, 3.8) is 0 Å². The summed E-state index contributed by atoms with van der Waals surface area (Å²) in [6.45, 7) is 0. The quantitative estimate of drug-likeness (QED) is 0.622. The lowest BCUT2D eigenvalue weighted by Crippen LogP contribution is -2.28. The van der Waals surface area contributed by atoms with Crippen molar-refractivity contribution in [1.29, 1.82) is 0 Å². The van der Waals surface area contributed by atoms with Crippen LogP contribution < -0.4 is 4.18 Å². The van der Waals surface area contributed by atoms with E-state index < -0.39 is 21.4 Å². The fourth-order valence-corrected chi connectivity index (χ4v) is 2.12. The first kappa shape index (κ1) is 15.7. The molecule has 2 aromatic rings. The Morgan fingerprint density at radius 3 is 2.14 bits per heavy atom. The minimum atomic E-state index is -5.68. The molecule has 0 heterocycles. The van der Waals surface area contributed by atoms with Crippen LogP contribution in [0.25, 0.3) is 11.1 Å². The summed E-state index contributed by atoms with van der Waals surface area (Å²) in [7, 11) is -5.68. The predicted octanol–water partition coefficient (Wildman–Crippen LogP) is 4.24. The second kappa shape index (κ2) is 5.57. The zero-order chi connectivity index (χ0) is 15.7.